The highest BCUT2D eigenvalue weighted by Crippen LogP contribution is 2.30. The third kappa shape index (κ3) is 4.76. The van der Waals surface area contributed by atoms with Gasteiger partial charge in [-0.2, -0.15) is 0 Å². The summed E-state index contributed by atoms with van der Waals surface area (Å²) in [6.45, 7) is 6.86. The van der Waals surface area contributed by atoms with Crippen molar-refractivity contribution in [2.24, 2.45) is 0 Å². The molecule has 1 aliphatic rings. The van der Waals surface area contributed by atoms with Crippen molar-refractivity contribution >= 4 is 38.2 Å². The Hall–Kier alpha value is -3.05. The van der Waals surface area contributed by atoms with Gasteiger partial charge in [-0.05, 0) is 38.5 Å². The SMILES string of the molecule is CCCS(=O)(=O)Nc1ccc(F)c(C(=O)c2c[nH]c3ncc(N4CC(C)OC(C)C4)cc23)c1F. The topological polar surface area (TPSA) is 104 Å². The number of pyridine rings is 1. The minimum atomic E-state index is -3.83. The molecule has 11 heteroatoms. The van der Waals surface area contributed by atoms with E-state index < -0.39 is 38.7 Å². The number of anilines is 2. The normalized spacial score (nSPS) is 18.9. The van der Waals surface area contributed by atoms with Crippen LogP contribution in [0.5, 0.6) is 0 Å². The maximum absolute atomic E-state index is 15.2. The van der Waals surface area contributed by atoms with Gasteiger partial charge in [0, 0.05) is 30.2 Å². The first kappa shape index (κ1) is 24.1. The van der Waals surface area contributed by atoms with Crippen LogP contribution < -0.4 is 9.62 Å². The Kier molecular flexibility index (Phi) is 6.59. The molecule has 2 aromatic heterocycles. The van der Waals surface area contributed by atoms with Crippen LogP contribution >= 0.6 is 0 Å². The van der Waals surface area contributed by atoms with E-state index in [-0.39, 0.29) is 23.5 Å². The molecule has 3 heterocycles. The molecule has 34 heavy (non-hydrogen) atoms. The maximum Gasteiger partial charge on any atom is 0.232 e. The van der Waals surface area contributed by atoms with Crippen LogP contribution in [0.25, 0.3) is 11.0 Å². The van der Waals surface area contributed by atoms with Crippen LogP contribution in [0.3, 0.4) is 0 Å². The lowest BCUT2D eigenvalue weighted by molar-refractivity contribution is -0.00522. The Bertz CT molecular complexity index is 1330. The number of aromatic amines is 1. The van der Waals surface area contributed by atoms with Crippen LogP contribution in [0.15, 0.2) is 30.6 Å². The molecule has 1 fully saturated rings. The third-order valence-electron chi connectivity index (χ3n) is 5.60. The molecule has 0 aliphatic carbocycles. The summed E-state index contributed by atoms with van der Waals surface area (Å²) in [5, 5.41) is 0.407. The molecule has 0 spiro atoms. The zero-order chi connectivity index (χ0) is 24.6. The molecule has 0 bridgehead atoms. The number of carbonyl (C=O) groups excluding carboxylic acids is 1. The summed E-state index contributed by atoms with van der Waals surface area (Å²) in [5.74, 6) is -3.50. The number of nitrogens with zero attached hydrogens (tertiary/aromatic N) is 2. The van der Waals surface area contributed by atoms with E-state index in [9.17, 15) is 17.6 Å². The summed E-state index contributed by atoms with van der Waals surface area (Å²) < 4.78 is 61.8. The zero-order valence-electron chi connectivity index (χ0n) is 19.1. The highest BCUT2D eigenvalue weighted by molar-refractivity contribution is 7.92. The van der Waals surface area contributed by atoms with Crippen molar-refractivity contribution in [3.8, 4) is 0 Å². The summed E-state index contributed by atoms with van der Waals surface area (Å²) in [7, 11) is -3.83. The second-order valence-corrected chi connectivity index (χ2v) is 10.3. The van der Waals surface area contributed by atoms with Crippen LogP contribution in [0.2, 0.25) is 0 Å². The molecule has 0 saturated carbocycles. The van der Waals surface area contributed by atoms with Crippen molar-refractivity contribution in [2.75, 3.05) is 28.5 Å². The van der Waals surface area contributed by atoms with Crippen molar-refractivity contribution < 1.29 is 26.7 Å². The van der Waals surface area contributed by atoms with Gasteiger partial charge in [-0.3, -0.25) is 9.52 Å². The summed E-state index contributed by atoms with van der Waals surface area (Å²) in [5.41, 5.74) is -0.137. The van der Waals surface area contributed by atoms with Crippen LogP contribution in [-0.4, -0.2) is 55.2 Å². The number of hydrogen-bond acceptors (Lipinski definition) is 6. The van der Waals surface area contributed by atoms with Crippen LogP contribution in [0.4, 0.5) is 20.2 Å². The first-order valence-electron chi connectivity index (χ1n) is 11.0. The molecular weight excluding hydrogens is 466 g/mol. The van der Waals surface area contributed by atoms with E-state index in [1.54, 1.807) is 19.2 Å². The number of rotatable bonds is 7. The van der Waals surface area contributed by atoms with Crippen LogP contribution in [0, 0.1) is 11.6 Å². The van der Waals surface area contributed by atoms with Gasteiger partial charge >= 0.3 is 0 Å². The second kappa shape index (κ2) is 9.30. The number of hydrogen-bond donors (Lipinski definition) is 2. The van der Waals surface area contributed by atoms with Gasteiger partial charge in [0.15, 0.2) is 5.82 Å². The second-order valence-electron chi connectivity index (χ2n) is 8.49. The summed E-state index contributed by atoms with van der Waals surface area (Å²) >= 11 is 0. The van der Waals surface area contributed by atoms with Crippen LogP contribution in [0.1, 0.15) is 43.1 Å². The molecule has 4 rings (SSSR count). The highest BCUT2D eigenvalue weighted by Gasteiger charge is 2.27. The maximum atomic E-state index is 15.2. The van der Waals surface area contributed by atoms with Gasteiger partial charge in [0.05, 0.1) is 41.1 Å². The standard InChI is InChI=1S/C23H26F2N4O4S/c1-4-7-34(31,32)28-19-6-5-18(24)20(21(19)25)22(30)17-10-27-23-16(17)8-15(9-26-23)29-11-13(2)33-14(3)12-29/h5-6,8-10,13-14,28H,4,7,11-12H2,1-3H3,(H,26,27). The number of carbonyl (C=O) groups is 1. The summed E-state index contributed by atoms with van der Waals surface area (Å²) in [6, 6.07) is 3.58. The predicted octanol–water partition coefficient (Wildman–Crippen LogP) is 3.84. The largest absolute Gasteiger partial charge is 0.372 e. The van der Waals surface area contributed by atoms with Crippen molar-refractivity contribution in [3.63, 3.8) is 0 Å². The van der Waals surface area contributed by atoms with E-state index in [0.29, 0.717) is 30.5 Å². The minimum Gasteiger partial charge on any atom is -0.372 e. The number of fused-ring (bicyclic) bond motifs is 1. The molecule has 2 atom stereocenters. The Balaban J connectivity index is 1.73. The molecule has 1 aliphatic heterocycles. The van der Waals surface area contributed by atoms with Gasteiger partial charge in [0.2, 0.25) is 15.8 Å². The van der Waals surface area contributed by atoms with E-state index in [1.165, 1.54) is 6.20 Å². The number of ketones is 1. The van der Waals surface area contributed by atoms with Crippen molar-refractivity contribution in [2.45, 2.75) is 39.4 Å². The average molecular weight is 493 g/mol. The number of H-pyrrole nitrogens is 1. The van der Waals surface area contributed by atoms with Gasteiger partial charge in [0.25, 0.3) is 0 Å². The first-order chi connectivity index (χ1) is 16.1. The molecule has 3 aromatic rings. The Morgan fingerprint density at radius 2 is 1.97 bits per heavy atom. The zero-order valence-corrected chi connectivity index (χ0v) is 19.9. The molecule has 1 saturated heterocycles. The van der Waals surface area contributed by atoms with E-state index in [1.807, 2.05) is 13.8 Å². The third-order valence-corrected chi connectivity index (χ3v) is 7.08. The summed E-state index contributed by atoms with van der Waals surface area (Å²) in [4.78, 5) is 22.6. The fourth-order valence-electron chi connectivity index (χ4n) is 4.20. The molecule has 2 N–H and O–H groups in total. The fourth-order valence-corrected chi connectivity index (χ4v) is 5.34. The Morgan fingerprint density at radius 1 is 1.26 bits per heavy atom. The first-order valence-corrected chi connectivity index (χ1v) is 12.7. The monoisotopic (exact) mass is 492 g/mol. The number of ether oxygens (including phenoxy) is 1. The van der Waals surface area contributed by atoms with E-state index in [0.717, 1.165) is 17.8 Å². The molecule has 182 valence electrons. The number of benzene rings is 1. The Labute approximate surface area is 196 Å². The molecule has 1 aromatic carbocycles. The van der Waals surface area contributed by atoms with Gasteiger partial charge in [-0.15, -0.1) is 0 Å². The van der Waals surface area contributed by atoms with E-state index in [2.05, 4.69) is 19.6 Å². The molecular formula is C23H26F2N4O4S. The van der Waals surface area contributed by atoms with Gasteiger partial charge in [0.1, 0.15) is 11.5 Å². The Morgan fingerprint density at radius 3 is 2.65 bits per heavy atom. The molecule has 0 amide bonds. The summed E-state index contributed by atoms with van der Waals surface area (Å²) in [6.07, 6.45) is 3.35. The van der Waals surface area contributed by atoms with Crippen molar-refractivity contribution in [3.05, 3.63) is 53.4 Å². The van der Waals surface area contributed by atoms with E-state index in [4.69, 9.17) is 4.74 Å². The average Bonchev–Trinajstić information content (AvgIpc) is 3.18. The van der Waals surface area contributed by atoms with Crippen LogP contribution in [-0.2, 0) is 14.8 Å². The fraction of sp³-hybridized carbons (Fsp3) is 0.391. The predicted molar refractivity (Wildman–Crippen MR) is 126 cm³/mol. The lowest BCUT2D eigenvalue weighted by atomic mass is 10.0. The molecule has 2 unspecified atom stereocenters. The van der Waals surface area contributed by atoms with Gasteiger partial charge in [-0.25, -0.2) is 22.2 Å². The lowest BCUT2D eigenvalue weighted by Crippen LogP contribution is -2.45. The minimum absolute atomic E-state index is 0.00851. The highest BCUT2D eigenvalue weighted by atomic mass is 32.2. The van der Waals surface area contributed by atoms with Gasteiger partial charge in [-0.1, -0.05) is 6.92 Å². The molecule has 0 radical (unpaired) electrons. The van der Waals surface area contributed by atoms with Crippen molar-refractivity contribution in [1.82, 2.24) is 9.97 Å². The number of aromatic nitrogens is 2. The number of morpholine rings is 1. The number of halogens is 2. The number of sulfonamides is 1. The molecule has 8 nitrogen and oxygen atoms in total. The lowest BCUT2D eigenvalue weighted by Gasteiger charge is -2.36. The van der Waals surface area contributed by atoms with Gasteiger partial charge < -0.3 is 14.6 Å². The smallest absolute Gasteiger partial charge is 0.232 e. The van der Waals surface area contributed by atoms with E-state index >= 15 is 4.39 Å². The number of nitrogens with one attached hydrogen (secondary N) is 2. The van der Waals surface area contributed by atoms with Crippen molar-refractivity contribution in [1.29, 1.82) is 0 Å². The quantitative estimate of drug-likeness (QED) is 0.486.